The molecule has 20 heavy (non-hydrogen) atoms. The van der Waals surface area contributed by atoms with Gasteiger partial charge in [0.25, 0.3) is 0 Å². The molecule has 3 nitrogen and oxygen atoms in total. The molecular weight excluding hydrogens is 294 g/mol. The Balaban J connectivity index is 1.63. The highest BCUT2D eigenvalue weighted by atomic mass is 35.5. The van der Waals surface area contributed by atoms with Gasteiger partial charge in [0.15, 0.2) is 0 Å². The van der Waals surface area contributed by atoms with E-state index in [0.29, 0.717) is 13.1 Å². The SMILES string of the molecule is O=C(O)C1CN(Cc2ccc(-c3ccc(Cl)cc3)s2)C1. The summed E-state index contributed by atoms with van der Waals surface area (Å²) in [5.41, 5.74) is 1.16. The van der Waals surface area contributed by atoms with Crippen molar-refractivity contribution in [2.45, 2.75) is 6.54 Å². The number of carbonyl (C=O) groups is 1. The first-order chi connectivity index (χ1) is 9.61. The Morgan fingerprint density at radius 2 is 1.95 bits per heavy atom. The van der Waals surface area contributed by atoms with Crippen LogP contribution in [-0.2, 0) is 11.3 Å². The number of rotatable bonds is 4. The van der Waals surface area contributed by atoms with E-state index in [1.807, 2.05) is 24.3 Å². The molecule has 3 rings (SSSR count). The zero-order valence-electron chi connectivity index (χ0n) is 10.8. The van der Waals surface area contributed by atoms with Crippen LogP contribution in [0.2, 0.25) is 5.02 Å². The number of hydrogen-bond donors (Lipinski definition) is 1. The third-order valence-electron chi connectivity index (χ3n) is 3.48. The average Bonchev–Trinajstić information content (AvgIpc) is 2.82. The summed E-state index contributed by atoms with van der Waals surface area (Å²) in [5, 5.41) is 9.60. The number of likely N-dealkylation sites (tertiary alicyclic amines) is 1. The Morgan fingerprint density at radius 1 is 1.25 bits per heavy atom. The molecule has 104 valence electrons. The van der Waals surface area contributed by atoms with Crippen LogP contribution in [0.25, 0.3) is 10.4 Å². The van der Waals surface area contributed by atoms with Crippen molar-refractivity contribution < 1.29 is 9.90 Å². The quantitative estimate of drug-likeness (QED) is 0.938. The van der Waals surface area contributed by atoms with E-state index < -0.39 is 5.97 Å². The van der Waals surface area contributed by atoms with Crippen LogP contribution in [0.15, 0.2) is 36.4 Å². The van der Waals surface area contributed by atoms with Crippen molar-refractivity contribution in [3.8, 4) is 10.4 Å². The van der Waals surface area contributed by atoms with Crippen LogP contribution in [0, 0.1) is 5.92 Å². The van der Waals surface area contributed by atoms with E-state index >= 15 is 0 Å². The molecule has 5 heteroatoms. The normalized spacial score (nSPS) is 16.1. The van der Waals surface area contributed by atoms with Gasteiger partial charge in [-0.05, 0) is 29.8 Å². The third-order valence-corrected chi connectivity index (χ3v) is 4.85. The lowest BCUT2D eigenvalue weighted by molar-refractivity contribution is -0.147. The van der Waals surface area contributed by atoms with Gasteiger partial charge in [-0.25, -0.2) is 0 Å². The lowest BCUT2D eigenvalue weighted by Crippen LogP contribution is -2.49. The molecule has 0 bridgehead atoms. The molecule has 1 aliphatic heterocycles. The topological polar surface area (TPSA) is 40.5 Å². The van der Waals surface area contributed by atoms with Crippen molar-refractivity contribution in [2.24, 2.45) is 5.92 Å². The maximum absolute atomic E-state index is 10.8. The highest BCUT2D eigenvalue weighted by molar-refractivity contribution is 7.15. The molecular formula is C15H14ClNO2S. The maximum atomic E-state index is 10.8. The molecule has 0 unspecified atom stereocenters. The number of benzene rings is 1. The zero-order chi connectivity index (χ0) is 14.1. The number of carboxylic acids is 1. The van der Waals surface area contributed by atoms with E-state index in [0.717, 1.165) is 17.1 Å². The molecule has 0 spiro atoms. The Morgan fingerprint density at radius 3 is 2.60 bits per heavy atom. The number of halogens is 1. The van der Waals surface area contributed by atoms with Crippen LogP contribution in [-0.4, -0.2) is 29.1 Å². The molecule has 1 aromatic heterocycles. The summed E-state index contributed by atoms with van der Waals surface area (Å²) in [6, 6.07) is 12.0. The minimum atomic E-state index is -0.686. The number of carboxylic acid groups (broad SMARTS) is 1. The van der Waals surface area contributed by atoms with Gasteiger partial charge in [0.2, 0.25) is 0 Å². The molecule has 2 heterocycles. The summed E-state index contributed by atoms with van der Waals surface area (Å²) in [5.74, 6) is -0.875. The van der Waals surface area contributed by atoms with Crippen molar-refractivity contribution in [1.29, 1.82) is 0 Å². The van der Waals surface area contributed by atoms with Crippen molar-refractivity contribution in [3.63, 3.8) is 0 Å². The van der Waals surface area contributed by atoms with Crippen molar-refractivity contribution in [2.75, 3.05) is 13.1 Å². The first-order valence-corrected chi connectivity index (χ1v) is 7.61. The lowest BCUT2D eigenvalue weighted by atomic mass is 10.0. The summed E-state index contributed by atoms with van der Waals surface area (Å²) in [6.07, 6.45) is 0. The lowest BCUT2D eigenvalue weighted by Gasteiger charge is -2.36. The van der Waals surface area contributed by atoms with Crippen LogP contribution in [0.5, 0.6) is 0 Å². The first-order valence-electron chi connectivity index (χ1n) is 6.41. The smallest absolute Gasteiger partial charge is 0.309 e. The van der Waals surface area contributed by atoms with Gasteiger partial charge in [0, 0.05) is 34.4 Å². The number of aliphatic carboxylic acids is 1. The summed E-state index contributed by atoms with van der Waals surface area (Å²) in [6.45, 7) is 2.15. The van der Waals surface area contributed by atoms with Gasteiger partial charge >= 0.3 is 5.97 Å². The second kappa shape index (κ2) is 5.56. The van der Waals surface area contributed by atoms with Crippen LogP contribution in [0.4, 0.5) is 0 Å². The average molecular weight is 308 g/mol. The summed E-state index contributed by atoms with van der Waals surface area (Å²) in [7, 11) is 0. The second-order valence-corrected chi connectivity index (χ2v) is 6.61. The standard InChI is InChI=1S/C15H14ClNO2S/c16-12-3-1-10(2-4-12)14-6-5-13(20-14)9-17-7-11(8-17)15(18)19/h1-6,11H,7-9H2,(H,18,19). The molecule has 0 radical (unpaired) electrons. The van der Waals surface area contributed by atoms with E-state index in [2.05, 4.69) is 17.0 Å². The Labute approximate surface area is 126 Å². The highest BCUT2D eigenvalue weighted by Gasteiger charge is 2.32. The number of thiophene rings is 1. The fraction of sp³-hybridized carbons (Fsp3) is 0.267. The molecule has 0 atom stereocenters. The van der Waals surface area contributed by atoms with Crippen LogP contribution in [0.3, 0.4) is 0 Å². The van der Waals surface area contributed by atoms with E-state index in [1.165, 1.54) is 9.75 Å². The molecule has 1 fully saturated rings. The summed E-state index contributed by atoms with van der Waals surface area (Å²) in [4.78, 5) is 15.4. The highest BCUT2D eigenvalue weighted by Crippen LogP contribution is 2.30. The Kier molecular flexibility index (Phi) is 3.78. The Bertz CT molecular complexity index is 617. The third kappa shape index (κ3) is 2.87. The van der Waals surface area contributed by atoms with Gasteiger partial charge in [0.05, 0.1) is 5.92 Å². The summed E-state index contributed by atoms with van der Waals surface area (Å²) < 4.78 is 0. The minimum absolute atomic E-state index is 0.189. The predicted octanol–water partition coefficient (Wildman–Crippen LogP) is 3.58. The van der Waals surface area contributed by atoms with E-state index in [4.69, 9.17) is 16.7 Å². The van der Waals surface area contributed by atoms with Crippen molar-refractivity contribution in [1.82, 2.24) is 4.90 Å². The van der Waals surface area contributed by atoms with E-state index in [9.17, 15) is 4.79 Å². The van der Waals surface area contributed by atoms with E-state index in [-0.39, 0.29) is 5.92 Å². The fourth-order valence-corrected chi connectivity index (χ4v) is 3.49. The van der Waals surface area contributed by atoms with E-state index in [1.54, 1.807) is 11.3 Å². The molecule has 1 aromatic carbocycles. The summed E-state index contributed by atoms with van der Waals surface area (Å²) >= 11 is 7.63. The molecule has 1 saturated heterocycles. The maximum Gasteiger partial charge on any atom is 0.309 e. The molecule has 2 aromatic rings. The van der Waals surface area contributed by atoms with Gasteiger partial charge in [-0.1, -0.05) is 23.7 Å². The van der Waals surface area contributed by atoms with Crippen molar-refractivity contribution in [3.05, 3.63) is 46.3 Å². The Hall–Kier alpha value is -1.36. The zero-order valence-corrected chi connectivity index (χ0v) is 12.3. The molecule has 0 amide bonds. The van der Waals surface area contributed by atoms with Gasteiger partial charge in [-0.3, -0.25) is 9.69 Å². The monoisotopic (exact) mass is 307 g/mol. The molecule has 0 saturated carbocycles. The van der Waals surface area contributed by atoms with Gasteiger partial charge in [-0.15, -0.1) is 11.3 Å². The van der Waals surface area contributed by atoms with Gasteiger partial charge in [-0.2, -0.15) is 0 Å². The molecule has 0 aliphatic carbocycles. The number of hydrogen-bond acceptors (Lipinski definition) is 3. The first kappa shape index (κ1) is 13.6. The molecule has 1 N–H and O–H groups in total. The number of nitrogens with zero attached hydrogens (tertiary/aromatic N) is 1. The largest absolute Gasteiger partial charge is 0.481 e. The van der Waals surface area contributed by atoms with Crippen LogP contribution < -0.4 is 0 Å². The van der Waals surface area contributed by atoms with Crippen LogP contribution in [0.1, 0.15) is 4.88 Å². The van der Waals surface area contributed by atoms with Crippen LogP contribution >= 0.6 is 22.9 Å². The van der Waals surface area contributed by atoms with Gasteiger partial charge in [0.1, 0.15) is 0 Å². The fourth-order valence-electron chi connectivity index (χ4n) is 2.31. The second-order valence-electron chi connectivity index (χ2n) is 5.00. The minimum Gasteiger partial charge on any atom is -0.481 e. The van der Waals surface area contributed by atoms with Gasteiger partial charge < -0.3 is 5.11 Å². The predicted molar refractivity (Wildman–Crippen MR) is 81.2 cm³/mol. The molecule has 1 aliphatic rings. The van der Waals surface area contributed by atoms with Crippen molar-refractivity contribution >= 4 is 28.9 Å².